The van der Waals surface area contributed by atoms with Crippen molar-refractivity contribution < 1.29 is 9.90 Å². The van der Waals surface area contributed by atoms with E-state index in [1.807, 2.05) is 0 Å². The van der Waals surface area contributed by atoms with Gasteiger partial charge in [0.05, 0.1) is 0 Å². The largest absolute Gasteiger partial charge is 0.481 e. The lowest BCUT2D eigenvalue weighted by Gasteiger charge is -2.16. The molecule has 0 aromatic carbocycles. The van der Waals surface area contributed by atoms with Crippen LogP contribution >= 0.6 is 0 Å². The highest BCUT2D eigenvalue weighted by Gasteiger charge is 2.07. The Labute approximate surface area is 151 Å². The number of hydrogen-bond donors (Lipinski definition) is 1. The van der Waals surface area contributed by atoms with Gasteiger partial charge in [-0.15, -0.1) is 0 Å². The Hall–Kier alpha value is -0.530. The lowest BCUT2D eigenvalue weighted by atomic mass is 9.90. The molecule has 0 bridgehead atoms. The van der Waals surface area contributed by atoms with Crippen molar-refractivity contribution in [3.8, 4) is 0 Å². The molecule has 0 fully saturated rings. The summed E-state index contributed by atoms with van der Waals surface area (Å²) >= 11 is 0. The average molecular weight is 341 g/mol. The number of unbranched alkanes of at least 4 members (excludes halogenated alkanes) is 11. The van der Waals surface area contributed by atoms with E-state index in [-0.39, 0.29) is 0 Å². The van der Waals surface area contributed by atoms with E-state index in [4.69, 9.17) is 5.11 Å². The average Bonchev–Trinajstić information content (AvgIpc) is 2.57. The van der Waals surface area contributed by atoms with Gasteiger partial charge in [-0.05, 0) is 12.3 Å². The maximum Gasteiger partial charge on any atom is 0.303 e. The zero-order chi connectivity index (χ0) is 17.9. The summed E-state index contributed by atoms with van der Waals surface area (Å²) in [6.07, 6.45) is 23.1. The van der Waals surface area contributed by atoms with Crippen molar-refractivity contribution in [3.63, 3.8) is 0 Å². The van der Waals surface area contributed by atoms with Gasteiger partial charge in [0.2, 0.25) is 0 Å². The van der Waals surface area contributed by atoms with Gasteiger partial charge in [0.15, 0.2) is 0 Å². The molecule has 24 heavy (non-hydrogen) atoms. The Morgan fingerprint density at radius 2 is 1.00 bits per heavy atom. The Bertz CT molecular complexity index is 255. The maximum atomic E-state index is 10.4. The summed E-state index contributed by atoms with van der Waals surface area (Å²) in [7, 11) is 0. The molecule has 0 saturated carbocycles. The van der Waals surface area contributed by atoms with E-state index in [1.54, 1.807) is 0 Å². The van der Waals surface area contributed by atoms with Crippen LogP contribution in [0.5, 0.6) is 0 Å². The van der Waals surface area contributed by atoms with Crippen LogP contribution in [0.3, 0.4) is 0 Å². The van der Waals surface area contributed by atoms with Crippen LogP contribution in [0.15, 0.2) is 0 Å². The molecular formula is C22H44O2. The van der Waals surface area contributed by atoms with Gasteiger partial charge >= 0.3 is 5.97 Å². The highest BCUT2D eigenvalue weighted by molar-refractivity contribution is 5.66. The van der Waals surface area contributed by atoms with Gasteiger partial charge in [-0.25, -0.2) is 0 Å². The summed E-state index contributed by atoms with van der Waals surface area (Å²) in [5.74, 6) is 0.345. The number of carboxylic acids is 1. The van der Waals surface area contributed by atoms with Crippen LogP contribution in [0, 0.1) is 5.92 Å². The van der Waals surface area contributed by atoms with Gasteiger partial charge in [0, 0.05) is 6.42 Å². The highest BCUT2D eigenvalue weighted by atomic mass is 16.4. The van der Waals surface area contributed by atoms with E-state index in [1.165, 1.54) is 96.3 Å². The third kappa shape index (κ3) is 17.8. The third-order valence-electron chi connectivity index (χ3n) is 5.18. The van der Waals surface area contributed by atoms with Crippen molar-refractivity contribution in [2.24, 2.45) is 5.92 Å². The van der Waals surface area contributed by atoms with Crippen LogP contribution in [0.2, 0.25) is 0 Å². The molecular weight excluding hydrogens is 296 g/mol. The normalized spacial score (nSPS) is 11.3. The topological polar surface area (TPSA) is 37.3 Å². The number of hydrogen-bond acceptors (Lipinski definition) is 1. The second-order valence-electron chi connectivity index (χ2n) is 7.62. The quantitative estimate of drug-likeness (QED) is 0.244. The monoisotopic (exact) mass is 340 g/mol. The predicted molar refractivity (Wildman–Crippen MR) is 106 cm³/mol. The van der Waals surface area contributed by atoms with Gasteiger partial charge in [0.25, 0.3) is 0 Å². The fourth-order valence-electron chi connectivity index (χ4n) is 3.54. The third-order valence-corrected chi connectivity index (χ3v) is 5.18. The summed E-state index contributed by atoms with van der Waals surface area (Å²) < 4.78 is 0. The second kappa shape index (κ2) is 18.8. The van der Waals surface area contributed by atoms with E-state index < -0.39 is 5.97 Å². The van der Waals surface area contributed by atoms with Crippen molar-refractivity contribution >= 4 is 5.97 Å². The maximum absolute atomic E-state index is 10.4. The first-order chi connectivity index (χ1) is 11.7. The van der Waals surface area contributed by atoms with E-state index in [0.717, 1.165) is 18.8 Å². The molecule has 0 unspecified atom stereocenters. The van der Waals surface area contributed by atoms with E-state index in [9.17, 15) is 4.79 Å². The Balaban J connectivity index is 3.33. The summed E-state index contributed by atoms with van der Waals surface area (Å²) in [4.78, 5) is 10.4. The molecule has 0 aromatic rings. The molecule has 0 radical (unpaired) electrons. The Morgan fingerprint density at radius 1 is 0.625 bits per heavy atom. The van der Waals surface area contributed by atoms with Gasteiger partial charge in [-0.2, -0.15) is 0 Å². The molecule has 1 N–H and O–H groups in total. The van der Waals surface area contributed by atoms with Crippen molar-refractivity contribution in [3.05, 3.63) is 0 Å². The van der Waals surface area contributed by atoms with Crippen LogP contribution in [-0.2, 0) is 4.79 Å². The fraction of sp³-hybridized carbons (Fsp3) is 0.955. The van der Waals surface area contributed by atoms with E-state index >= 15 is 0 Å². The van der Waals surface area contributed by atoms with Crippen molar-refractivity contribution in [1.29, 1.82) is 0 Å². The van der Waals surface area contributed by atoms with Crippen LogP contribution in [0.4, 0.5) is 0 Å². The first-order valence-corrected chi connectivity index (χ1v) is 10.9. The van der Waals surface area contributed by atoms with E-state index in [0.29, 0.717) is 6.42 Å². The molecule has 0 aliphatic carbocycles. The second-order valence-corrected chi connectivity index (χ2v) is 7.62. The molecule has 0 amide bonds. The fourth-order valence-corrected chi connectivity index (χ4v) is 3.54. The zero-order valence-electron chi connectivity index (χ0n) is 16.7. The van der Waals surface area contributed by atoms with Crippen LogP contribution in [0.25, 0.3) is 0 Å². The summed E-state index contributed by atoms with van der Waals surface area (Å²) in [6, 6.07) is 0. The standard InChI is InChI=1S/C22H44O2/c1-3-5-17-21(18-6-4-2)19-15-13-11-9-7-8-10-12-14-16-20-22(23)24/h21H,3-20H2,1-2H3,(H,23,24). The molecule has 0 spiro atoms. The highest BCUT2D eigenvalue weighted by Crippen LogP contribution is 2.23. The molecule has 0 aliphatic rings. The smallest absolute Gasteiger partial charge is 0.303 e. The summed E-state index contributed by atoms with van der Waals surface area (Å²) in [5, 5.41) is 8.58. The molecule has 0 rings (SSSR count). The van der Waals surface area contributed by atoms with Crippen molar-refractivity contribution in [2.45, 2.75) is 129 Å². The Kier molecular flexibility index (Phi) is 18.4. The first kappa shape index (κ1) is 23.5. The number of aliphatic carboxylic acids is 1. The van der Waals surface area contributed by atoms with Crippen molar-refractivity contribution in [2.75, 3.05) is 0 Å². The predicted octanol–water partition coefficient (Wildman–Crippen LogP) is 7.75. The van der Waals surface area contributed by atoms with E-state index in [2.05, 4.69) is 13.8 Å². The molecule has 2 nitrogen and oxygen atoms in total. The summed E-state index contributed by atoms with van der Waals surface area (Å²) in [5.41, 5.74) is 0. The minimum atomic E-state index is -0.651. The molecule has 2 heteroatoms. The molecule has 0 aromatic heterocycles. The minimum Gasteiger partial charge on any atom is -0.481 e. The van der Waals surface area contributed by atoms with Crippen LogP contribution in [-0.4, -0.2) is 11.1 Å². The zero-order valence-corrected chi connectivity index (χ0v) is 16.7. The number of carbonyl (C=O) groups is 1. The summed E-state index contributed by atoms with van der Waals surface area (Å²) in [6.45, 7) is 4.62. The number of carboxylic acid groups (broad SMARTS) is 1. The van der Waals surface area contributed by atoms with Crippen molar-refractivity contribution in [1.82, 2.24) is 0 Å². The molecule has 0 saturated heterocycles. The number of rotatable bonds is 19. The minimum absolute atomic E-state index is 0.345. The first-order valence-electron chi connectivity index (χ1n) is 10.9. The van der Waals surface area contributed by atoms with Gasteiger partial charge in [-0.1, -0.05) is 117 Å². The van der Waals surface area contributed by atoms with Crippen LogP contribution < -0.4 is 0 Å². The molecule has 144 valence electrons. The lowest BCUT2D eigenvalue weighted by Crippen LogP contribution is -2.01. The van der Waals surface area contributed by atoms with Crippen LogP contribution in [0.1, 0.15) is 129 Å². The SMILES string of the molecule is CCCCC(CCCC)CCCCCCCCCCCCC(=O)O. The van der Waals surface area contributed by atoms with Gasteiger partial charge in [-0.3, -0.25) is 4.79 Å². The molecule has 0 atom stereocenters. The van der Waals surface area contributed by atoms with Gasteiger partial charge < -0.3 is 5.11 Å². The van der Waals surface area contributed by atoms with Gasteiger partial charge in [0.1, 0.15) is 0 Å². The lowest BCUT2D eigenvalue weighted by molar-refractivity contribution is -0.137. The molecule has 0 heterocycles. The molecule has 0 aliphatic heterocycles. The Morgan fingerprint density at radius 3 is 1.42 bits per heavy atom.